The Labute approximate surface area is 189 Å². The summed E-state index contributed by atoms with van der Waals surface area (Å²) in [5.74, 6) is 1.47. The van der Waals surface area contributed by atoms with Crippen LogP contribution in [-0.2, 0) is 14.8 Å². The molecule has 0 aromatic heterocycles. The van der Waals surface area contributed by atoms with Gasteiger partial charge in [-0.2, -0.15) is 4.31 Å². The van der Waals surface area contributed by atoms with Crippen LogP contribution in [0.4, 0.5) is 0 Å². The number of nitrogens with zero attached hydrogens (tertiary/aromatic N) is 1. The summed E-state index contributed by atoms with van der Waals surface area (Å²) >= 11 is 0. The Balaban J connectivity index is 1.42. The van der Waals surface area contributed by atoms with E-state index in [4.69, 9.17) is 14.2 Å². The molecule has 1 aliphatic heterocycles. The zero-order chi connectivity index (χ0) is 23.0. The van der Waals surface area contributed by atoms with E-state index in [-0.39, 0.29) is 17.4 Å². The average molecular weight is 463 g/mol. The van der Waals surface area contributed by atoms with Crippen molar-refractivity contribution >= 4 is 15.9 Å². The number of hydrogen-bond donors (Lipinski definition) is 1. The van der Waals surface area contributed by atoms with Gasteiger partial charge in [0, 0.05) is 19.2 Å². The number of rotatable bonds is 10. The Morgan fingerprint density at radius 3 is 2.41 bits per heavy atom. The second-order valence-corrected chi connectivity index (χ2v) is 9.45. The summed E-state index contributed by atoms with van der Waals surface area (Å²) in [6.45, 7) is 3.34. The Bertz CT molecular complexity index is 988. The second kappa shape index (κ2) is 11.2. The van der Waals surface area contributed by atoms with Crippen molar-refractivity contribution in [3.63, 3.8) is 0 Å². The van der Waals surface area contributed by atoms with Crippen LogP contribution in [-0.4, -0.2) is 58.1 Å². The monoisotopic (exact) mass is 462 g/mol. The quantitative estimate of drug-likeness (QED) is 0.546. The lowest BCUT2D eigenvalue weighted by molar-refractivity contribution is -0.127. The van der Waals surface area contributed by atoms with E-state index in [0.29, 0.717) is 36.9 Å². The summed E-state index contributed by atoms with van der Waals surface area (Å²) in [5, 5.41) is 2.76. The fourth-order valence-electron chi connectivity index (χ4n) is 3.38. The number of methoxy groups -OCH3 is 1. The van der Waals surface area contributed by atoms with Crippen LogP contribution in [0.3, 0.4) is 0 Å². The summed E-state index contributed by atoms with van der Waals surface area (Å²) in [7, 11) is -1.89. The van der Waals surface area contributed by atoms with Crippen molar-refractivity contribution in [2.45, 2.75) is 37.2 Å². The van der Waals surface area contributed by atoms with Crippen LogP contribution in [0.2, 0.25) is 0 Å². The average Bonchev–Trinajstić information content (AvgIpc) is 2.82. The topological polar surface area (TPSA) is 94.2 Å². The van der Waals surface area contributed by atoms with Gasteiger partial charge in [0.05, 0.1) is 18.6 Å². The van der Waals surface area contributed by atoms with Crippen molar-refractivity contribution in [1.82, 2.24) is 9.62 Å². The molecule has 1 aliphatic rings. The first kappa shape index (κ1) is 23.9. The number of amides is 1. The largest absolute Gasteiger partial charge is 0.497 e. The fourth-order valence-corrected chi connectivity index (χ4v) is 4.90. The number of sulfonamides is 1. The minimum atomic E-state index is -3.46. The number of hydrogen-bond acceptors (Lipinski definition) is 6. The second-order valence-electron chi connectivity index (χ2n) is 7.51. The molecule has 1 atom stereocenters. The summed E-state index contributed by atoms with van der Waals surface area (Å²) < 4.78 is 43.3. The number of carbonyl (C=O) groups excluding carboxylic acids is 1. The molecular weight excluding hydrogens is 432 g/mol. The Hall–Kier alpha value is -2.78. The Kier molecular flexibility index (Phi) is 8.35. The van der Waals surface area contributed by atoms with Crippen molar-refractivity contribution < 1.29 is 27.4 Å². The molecule has 174 valence electrons. The van der Waals surface area contributed by atoms with E-state index in [0.717, 1.165) is 19.3 Å². The van der Waals surface area contributed by atoms with Crippen LogP contribution >= 0.6 is 0 Å². The van der Waals surface area contributed by atoms with E-state index in [2.05, 4.69) is 5.32 Å². The van der Waals surface area contributed by atoms with Gasteiger partial charge in [-0.25, -0.2) is 8.42 Å². The van der Waals surface area contributed by atoms with E-state index in [1.165, 1.54) is 4.31 Å². The van der Waals surface area contributed by atoms with E-state index in [9.17, 15) is 13.2 Å². The summed E-state index contributed by atoms with van der Waals surface area (Å²) in [6.07, 6.45) is 2.19. The maximum absolute atomic E-state index is 12.7. The molecule has 3 rings (SSSR count). The van der Waals surface area contributed by atoms with Gasteiger partial charge in [-0.15, -0.1) is 0 Å². The fraction of sp³-hybridized carbons (Fsp3) is 0.435. The first-order chi connectivity index (χ1) is 15.4. The normalized spacial score (nSPS) is 15.6. The van der Waals surface area contributed by atoms with Crippen LogP contribution in [0, 0.1) is 0 Å². The number of nitrogens with one attached hydrogen (secondary N) is 1. The zero-order valence-electron chi connectivity index (χ0n) is 18.5. The highest BCUT2D eigenvalue weighted by Gasteiger charge is 2.25. The molecular formula is C23H30N2O6S. The molecule has 1 fully saturated rings. The lowest BCUT2D eigenvalue weighted by atomic mass is 10.2. The van der Waals surface area contributed by atoms with Crippen LogP contribution in [0.1, 0.15) is 26.2 Å². The maximum Gasteiger partial charge on any atom is 0.260 e. The van der Waals surface area contributed by atoms with Gasteiger partial charge in [0.1, 0.15) is 23.9 Å². The molecule has 0 saturated carbocycles. The minimum Gasteiger partial charge on any atom is -0.497 e. The maximum atomic E-state index is 12.7. The number of ether oxygens (including phenoxy) is 3. The molecule has 8 nitrogen and oxygen atoms in total. The molecule has 1 heterocycles. The number of benzene rings is 2. The molecule has 2 aromatic rings. The third-order valence-corrected chi connectivity index (χ3v) is 7.08. The van der Waals surface area contributed by atoms with Gasteiger partial charge in [0.15, 0.2) is 6.10 Å². The van der Waals surface area contributed by atoms with Gasteiger partial charge >= 0.3 is 0 Å². The molecule has 0 bridgehead atoms. The molecule has 0 aliphatic carbocycles. The van der Waals surface area contributed by atoms with Gasteiger partial charge in [0.2, 0.25) is 10.0 Å². The highest BCUT2D eigenvalue weighted by Crippen LogP contribution is 2.23. The highest BCUT2D eigenvalue weighted by molar-refractivity contribution is 7.89. The summed E-state index contributed by atoms with van der Waals surface area (Å²) in [6, 6.07) is 13.4. The molecule has 1 unspecified atom stereocenters. The van der Waals surface area contributed by atoms with Gasteiger partial charge in [0.25, 0.3) is 5.91 Å². The molecule has 1 N–H and O–H groups in total. The smallest absolute Gasteiger partial charge is 0.260 e. The molecule has 2 aromatic carbocycles. The molecule has 32 heavy (non-hydrogen) atoms. The van der Waals surface area contributed by atoms with Gasteiger partial charge < -0.3 is 19.5 Å². The number of carbonyl (C=O) groups is 1. The van der Waals surface area contributed by atoms with E-state index in [1.54, 1.807) is 62.6 Å². The summed E-state index contributed by atoms with van der Waals surface area (Å²) in [5.41, 5.74) is 0. The predicted octanol–water partition coefficient (Wildman–Crippen LogP) is 2.83. The van der Waals surface area contributed by atoms with Crippen molar-refractivity contribution in [1.29, 1.82) is 0 Å². The van der Waals surface area contributed by atoms with Crippen LogP contribution in [0.15, 0.2) is 53.4 Å². The molecule has 1 saturated heterocycles. The van der Waals surface area contributed by atoms with Gasteiger partial charge in [-0.05, 0) is 56.2 Å². The Morgan fingerprint density at radius 1 is 1.03 bits per heavy atom. The van der Waals surface area contributed by atoms with Crippen molar-refractivity contribution in [2.75, 3.05) is 33.4 Å². The first-order valence-corrected chi connectivity index (χ1v) is 12.2. The van der Waals surface area contributed by atoms with E-state index >= 15 is 0 Å². The third-order valence-electron chi connectivity index (χ3n) is 5.17. The highest BCUT2D eigenvalue weighted by atomic mass is 32.2. The van der Waals surface area contributed by atoms with Gasteiger partial charge in [-0.1, -0.05) is 12.5 Å². The Morgan fingerprint density at radius 2 is 1.72 bits per heavy atom. The van der Waals surface area contributed by atoms with E-state index in [1.807, 2.05) is 0 Å². The van der Waals surface area contributed by atoms with Crippen molar-refractivity contribution in [3.8, 4) is 17.2 Å². The molecule has 9 heteroatoms. The number of piperidine rings is 1. The molecule has 0 spiro atoms. The van der Waals surface area contributed by atoms with Crippen LogP contribution < -0.4 is 19.5 Å². The lowest BCUT2D eigenvalue weighted by Crippen LogP contribution is -2.38. The van der Waals surface area contributed by atoms with Gasteiger partial charge in [-0.3, -0.25) is 4.79 Å². The predicted molar refractivity (Wildman–Crippen MR) is 121 cm³/mol. The first-order valence-electron chi connectivity index (χ1n) is 10.7. The zero-order valence-corrected chi connectivity index (χ0v) is 19.3. The standard InChI is InChI=1S/C23H30N2O6S/c1-18(31-21-8-6-7-20(17-21)29-2)23(26)24-13-16-30-19-9-11-22(12-10-19)32(27,28)25-14-4-3-5-15-25/h6-12,17-18H,3-5,13-16H2,1-2H3,(H,24,26). The van der Waals surface area contributed by atoms with Crippen LogP contribution in [0.5, 0.6) is 17.2 Å². The lowest BCUT2D eigenvalue weighted by Gasteiger charge is -2.25. The molecule has 1 amide bonds. The minimum absolute atomic E-state index is 0.246. The van der Waals surface area contributed by atoms with Crippen molar-refractivity contribution in [2.24, 2.45) is 0 Å². The SMILES string of the molecule is COc1cccc(OC(C)C(=O)NCCOc2ccc(S(=O)(=O)N3CCCCC3)cc2)c1. The summed E-state index contributed by atoms with van der Waals surface area (Å²) in [4.78, 5) is 12.5. The van der Waals surface area contributed by atoms with E-state index < -0.39 is 16.1 Å². The van der Waals surface area contributed by atoms with Crippen LogP contribution in [0.25, 0.3) is 0 Å². The third kappa shape index (κ3) is 6.37. The van der Waals surface area contributed by atoms with Crippen molar-refractivity contribution in [3.05, 3.63) is 48.5 Å². The molecule has 0 radical (unpaired) electrons.